The number of pyridine rings is 4. The smallest absolute Gasteiger partial charge is 0.147 e. The van der Waals surface area contributed by atoms with Crippen LogP contribution < -0.4 is 4.90 Å². The summed E-state index contributed by atoms with van der Waals surface area (Å²) in [6.45, 7) is 0. The molecule has 0 N–H and O–H groups in total. The molecular weight excluding hydrogens is 881 g/mol. The summed E-state index contributed by atoms with van der Waals surface area (Å²) in [6, 6.07) is 64.7. The van der Waals surface area contributed by atoms with Crippen LogP contribution in [-0.4, -0.2) is 28.7 Å². The van der Waals surface area contributed by atoms with Gasteiger partial charge in [0.1, 0.15) is 11.6 Å². The van der Waals surface area contributed by atoms with Gasteiger partial charge in [-0.2, -0.15) is 0 Å². The number of halogens is 2. The fraction of sp³-hybridized carbons (Fsp3) is 0. The van der Waals surface area contributed by atoms with E-state index in [9.17, 15) is 0 Å². The molecule has 332 valence electrons. The molecule has 0 unspecified atom stereocenters. The van der Waals surface area contributed by atoms with Crippen LogP contribution in [0.5, 0.6) is 0 Å². The number of nitrogens with zero attached hydrogens (tertiary/aromatic N) is 7. The number of fused-ring (bicyclic) bond motifs is 12. The number of hydrogen-bond donors (Lipinski definition) is 0. The molecule has 8 heterocycles. The minimum Gasteiger partial charge on any atom is -0.303 e. The molecule has 15 aromatic rings. The van der Waals surface area contributed by atoms with Crippen molar-refractivity contribution < 1.29 is 8.78 Å². The zero-order chi connectivity index (χ0) is 46.9. The molecular formula is C62H35F2N7. The summed E-state index contributed by atoms with van der Waals surface area (Å²) in [6.07, 6.45) is 3.85. The van der Waals surface area contributed by atoms with Gasteiger partial charge in [-0.1, -0.05) is 146 Å². The molecule has 0 aliphatic heterocycles. The molecule has 0 aliphatic carbocycles. The van der Waals surface area contributed by atoms with Crippen LogP contribution in [0.4, 0.5) is 25.8 Å². The first-order chi connectivity index (χ1) is 35.1. The van der Waals surface area contributed by atoms with Crippen molar-refractivity contribution in [3.05, 3.63) is 224 Å². The van der Waals surface area contributed by atoms with E-state index in [1.807, 2.05) is 85.2 Å². The van der Waals surface area contributed by atoms with Gasteiger partial charge in [-0.25, -0.2) is 18.7 Å². The Bertz CT molecular complexity index is 4300. The van der Waals surface area contributed by atoms with Gasteiger partial charge < -0.3 is 13.7 Å². The Hall–Kier alpha value is -9.60. The van der Waals surface area contributed by atoms with Crippen LogP contribution in [0, 0.1) is 11.6 Å². The largest absolute Gasteiger partial charge is 0.303 e. The Morgan fingerprint density at radius 3 is 1.08 bits per heavy atom. The van der Waals surface area contributed by atoms with E-state index in [2.05, 4.69) is 87.7 Å². The molecule has 0 saturated heterocycles. The molecule has 0 aliphatic rings. The van der Waals surface area contributed by atoms with Gasteiger partial charge in [-0.3, -0.25) is 9.97 Å². The van der Waals surface area contributed by atoms with Gasteiger partial charge in [-0.05, 0) is 54.6 Å². The van der Waals surface area contributed by atoms with Gasteiger partial charge in [0, 0.05) is 54.6 Å². The lowest BCUT2D eigenvalue weighted by Crippen LogP contribution is -2.15. The molecule has 8 aromatic heterocycles. The van der Waals surface area contributed by atoms with Crippen molar-refractivity contribution in [2.24, 2.45) is 0 Å². The number of anilines is 3. The van der Waals surface area contributed by atoms with E-state index in [0.717, 1.165) is 110 Å². The minimum atomic E-state index is -0.518. The van der Waals surface area contributed by atoms with Crippen LogP contribution in [0.15, 0.2) is 213 Å². The number of hydrogen-bond acceptors (Lipinski definition) is 5. The van der Waals surface area contributed by atoms with Crippen LogP contribution in [0.25, 0.3) is 121 Å². The fourth-order valence-corrected chi connectivity index (χ4v) is 11.1. The quantitative estimate of drug-likeness (QED) is 0.159. The Morgan fingerprint density at radius 2 is 0.690 bits per heavy atom. The predicted octanol–water partition coefficient (Wildman–Crippen LogP) is 16.0. The third-order valence-electron chi connectivity index (χ3n) is 14.2. The second kappa shape index (κ2) is 14.9. The molecule has 0 bridgehead atoms. The zero-order valence-corrected chi connectivity index (χ0v) is 37.6. The maximum absolute atomic E-state index is 17.1. The first kappa shape index (κ1) is 39.4. The molecule has 0 amide bonds. The topological polar surface area (TPSA) is 63.6 Å². The third kappa shape index (κ3) is 5.68. The Morgan fingerprint density at radius 1 is 0.338 bits per heavy atom. The van der Waals surface area contributed by atoms with E-state index < -0.39 is 11.6 Å². The number of benzene rings is 7. The summed E-state index contributed by atoms with van der Waals surface area (Å²) in [5, 5.41) is 5.49. The van der Waals surface area contributed by atoms with E-state index in [0.29, 0.717) is 16.7 Å². The molecule has 0 saturated carbocycles. The first-order valence-corrected chi connectivity index (χ1v) is 23.5. The monoisotopic (exact) mass is 915 g/mol. The van der Waals surface area contributed by atoms with Crippen molar-refractivity contribution >= 4 is 93.5 Å². The normalized spacial score (nSPS) is 12.1. The summed E-state index contributed by atoms with van der Waals surface area (Å²) in [5.74, 6) is -1.04. The summed E-state index contributed by atoms with van der Waals surface area (Å²) < 4.78 is 38.6. The summed E-state index contributed by atoms with van der Waals surface area (Å²) in [4.78, 5) is 23.1. The average molecular weight is 916 g/mol. The Labute approximate surface area is 403 Å². The van der Waals surface area contributed by atoms with Crippen LogP contribution in [0.2, 0.25) is 0 Å². The number of rotatable bonds is 7. The molecule has 0 radical (unpaired) electrons. The second-order valence-corrected chi connectivity index (χ2v) is 18.1. The van der Waals surface area contributed by atoms with Crippen molar-refractivity contribution in [2.45, 2.75) is 0 Å². The zero-order valence-electron chi connectivity index (χ0n) is 37.6. The molecule has 9 heteroatoms. The molecule has 7 nitrogen and oxygen atoms in total. The van der Waals surface area contributed by atoms with Gasteiger partial charge >= 0.3 is 0 Å². The number of aromatic nitrogens is 6. The summed E-state index contributed by atoms with van der Waals surface area (Å²) >= 11 is 0. The lowest BCUT2D eigenvalue weighted by molar-refractivity contribution is 0.620. The SMILES string of the molecule is Fc1ccccc1N(c1ccccc1F)c1c2c(cc3c4nc(-c5ccccc5)cc5c6cc(-c7ccccc7)ncc6n(c13)c54)c1nc(-c3ccccc3)cc3c4cc(-c5ccccc5)ncc4n2c31. The van der Waals surface area contributed by atoms with Crippen molar-refractivity contribution in [1.29, 1.82) is 0 Å². The van der Waals surface area contributed by atoms with E-state index in [-0.39, 0.29) is 11.4 Å². The third-order valence-corrected chi connectivity index (χ3v) is 14.2. The number of para-hydroxylation sites is 2. The molecule has 15 rings (SSSR count). The minimum absolute atomic E-state index is 0.172. The second-order valence-electron chi connectivity index (χ2n) is 18.1. The molecule has 7 aromatic carbocycles. The maximum atomic E-state index is 17.1. The highest BCUT2D eigenvalue weighted by molar-refractivity contribution is 6.33. The predicted molar refractivity (Wildman–Crippen MR) is 283 cm³/mol. The van der Waals surface area contributed by atoms with E-state index in [1.54, 1.807) is 41.3 Å². The molecule has 71 heavy (non-hydrogen) atoms. The Kier molecular flexibility index (Phi) is 8.30. The van der Waals surface area contributed by atoms with E-state index >= 15 is 8.78 Å². The summed E-state index contributed by atoms with van der Waals surface area (Å²) in [5.41, 5.74) is 14.3. The molecule has 0 spiro atoms. The van der Waals surface area contributed by atoms with Crippen LogP contribution >= 0.6 is 0 Å². The van der Waals surface area contributed by atoms with Crippen molar-refractivity contribution in [1.82, 2.24) is 28.7 Å². The van der Waals surface area contributed by atoms with Gasteiger partial charge in [0.25, 0.3) is 0 Å². The maximum Gasteiger partial charge on any atom is 0.147 e. The highest BCUT2D eigenvalue weighted by atomic mass is 19.1. The van der Waals surface area contributed by atoms with E-state index in [1.165, 1.54) is 12.1 Å². The highest BCUT2D eigenvalue weighted by Crippen LogP contribution is 2.53. The lowest BCUT2D eigenvalue weighted by Gasteiger charge is -2.28. The fourth-order valence-electron chi connectivity index (χ4n) is 11.1. The van der Waals surface area contributed by atoms with Crippen molar-refractivity contribution in [3.8, 4) is 45.0 Å². The highest BCUT2D eigenvalue weighted by Gasteiger charge is 2.33. The van der Waals surface area contributed by atoms with Gasteiger partial charge in [-0.15, -0.1) is 0 Å². The van der Waals surface area contributed by atoms with E-state index in [4.69, 9.17) is 19.9 Å². The van der Waals surface area contributed by atoms with Crippen LogP contribution in [0.3, 0.4) is 0 Å². The lowest BCUT2D eigenvalue weighted by atomic mass is 10.0. The molecule has 0 atom stereocenters. The van der Waals surface area contributed by atoms with Crippen LogP contribution in [0.1, 0.15) is 0 Å². The summed E-state index contributed by atoms with van der Waals surface area (Å²) in [7, 11) is 0. The average Bonchev–Trinajstić information content (AvgIpc) is 4.15. The molecule has 0 fully saturated rings. The van der Waals surface area contributed by atoms with Crippen LogP contribution in [-0.2, 0) is 0 Å². The van der Waals surface area contributed by atoms with Gasteiger partial charge in [0.2, 0.25) is 0 Å². The standard InChI is InChI=1S/C62H35F2N7/c63-46-25-13-15-27-52(46)69(53-28-16-14-26-47(53)64)62-60-44(56-58-42(32-50(67-56)38-21-9-3-10-22-38)40-30-48(36-17-5-1-6-18-36)65-34-54(40)70(58)60)29-45-57-59-43(33-51(68-57)39-23-11-4-12-24-39)41-31-49(37-19-7-2-8-20-37)66-35-55(41)71(59)61(45)62/h1-35H. The van der Waals surface area contributed by atoms with Crippen molar-refractivity contribution in [2.75, 3.05) is 4.90 Å². The van der Waals surface area contributed by atoms with Gasteiger partial charge in [0.05, 0.1) is 96.4 Å². The van der Waals surface area contributed by atoms with Gasteiger partial charge in [0.15, 0.2) is 0 Å². The first-order valence-electron chi connectivity index (χ1n) is 23.5. The van der Waals surface area contributed by atoms with Crippen molar-refractivity contribution in [3.63, 3.8) is 0 Å². The Balaban J connectivity index is 1.21.